The van der Waals surface area contributed by atoms with Crippen LogP contribution in [0.5, 0.6) is 0 Å². The summed E-state index contributed by atoms with van der Waals surface area (Å²) >= 11 is 0. The van der Waals surface area contributed by atoms with E-state index in [-0.39, 0.29) is 5.54 Å². The van der Waals surface area contributed by atoms with Gasteiger partial charge in [-0.3, -0.25) is 49.3 Å². The Morgan fingerprint density at radius 2 is 0.833 bits per heavy atom. The zero-order valence-electron chi connectivity index (χ0n) is 46.9. The third kappa shape index (κ3) is 18.9. The largest absolute Gasteiger partial charge is 0.298 e. The van der Waals surface area contributed by atoms with Crippen molar-refractivity contribution in [2.24, 2.45) is 5.92 Å². The molecule has 5 aromatic rings. The lowest BCUT2D eigenvalue weighted by Crippen LogP contribution is -2.53. The molecule has 4 aliphatic rings. The summed E-state index contributed by atoms with van der Waals surface area (Å²) in [5.41, 5.74) is 7.64. The Balaban J connectivity index is 0.000000158. The highest BCUT2D eigenvalue weighted by atomic mass is 15.3. The smallest absolute Gasteiger partial charge is 0.115 e. The summed E-state index contributed by atoms with van der Waals surface area (Å²) in [5, 5.41) is 1.29. The Morgan fingerprint density at radius 3 is 1.31 bits per heavy atom. The number of rotatable bonds is 8. The maximum atomic E-state index is 4.45. The molecule has 4 fully saturated rings. The van der Waals surface area contributed by atoms with E-state index >= 15 is 0 Å². The van der Waals surface area contributed by atoms with Crippen LogP contribution in [0.2, 0.25) is 0 Å². The number of piperidine rings is 1. The van der Waals surface area contributed by atoms with E-state index in [1.54, 1.807) is 6.33 Å². The summed E-state index contributed by atoms with van der Waals surface area (Å²) in [6.45, 7) is 47.0. The van der Waals surface area contributed by atoms with E-state index in [2.05, 4.69) is 197 Å². The fourth-order valence-electron chi connectivity index (χ4n) is 10.3. The monoisotopic (exact) mass is 983 g/mol. The minimum atomic E-state index is 0.287. The van der Waals surface area contributed by atoms with Crippen LogP contribution in [-0.4, -0.2) is 173 Å². The van der Waals surface area contributed by atoms with Gasteiger partial charge in [0, 0.05) is 163 Å². The molecule has 12 heteroatoms. The Labute approximate surface area is 436 Å². The quantitative estimate of drug-likeness (QED) is 0.149. The third-order valence-corrected chi connectivity index (χ3v) is 15.1. The Hall–Kier alpha value is -4.27. The van der Waals surface area contributed by atoms with Gasteiger partial charge in [-0.2, -0.15) is 0 Å². The van der Waals surface area contributed by atoms with Crippen LogP contribution in [0.3, 0.4) is 0 Å². The summed E-state index contributed by atoms with van der Waals surface area (Å²) in [5.74, 6) is 0.857. The number of piperazine rings is 3. The van der Waals surface area contributed by atoms with E-state index in [0.29, 0.717) is 16.6 Å². The lowest BCUT2D eigenvalue weighted by atomic mass is 9.88. The van der Waals surface area contributed by atoms with E-state index in [4.69, 9.17) is 0 Å². The lowest BCUT2D eigenvalue weighted by Gasteiger charge is -2.42. The van der Waals surface area contributed by atoms with E-state index in [0.717, 1.165) is 89.1 Å². The Bertz CT molecular complexity index is 2080. The van der Waals surface area contributed by atoms with Crippen LogP contribution in [0, 0.1) is 5.92 Å². The number of para-hydroxylation sites is 1. The van der Waals surface area contributed by atoms with Gasteiger partial charge in [0.2, 0.25) is 0 Å². The van der Waals surface area contributed by atoms with E-state index in [1.807, 2.05) is 43.2 Å². The number of pyridine rings is 3. The molecule has 72 heavy (non-hydrogen) atoms. The molecule has 4 aromatic heterocycles. The van der Waals surface area contributed by atoms with Gasteiger partial charge in [0.1, 0.15) is 6.33 Å². The highest BCUT2D eigenvalue weighted by Crippen LogP contribution is 2.27. The van der Waals surface area contributed by atoms with Crippen LogP contribution in [0.1, 0.15) is 118 Å². The summed E-state index contributed by atoms with van der Waals surface area (Å²) in [6.07, 6.45) is 16.8. The average molecular weight is 983 g/mol. The van der Waals surface area contributed by atoms with Crippen LogP contribution in [0.4, 0.5) is 0 Å². The lowest BCUT2D eigenvalue weighted by molar-refractivity contribution is 0.0585. The first-order valence-electron chi connectivity index (χ1n) is 27.2. The molecule has 0 aliphatic carbocycles. The van der Waals surface area contributed by atoms with E-state index in [1.165, 1.54) is 80.6 Å². The van der Waals surface area contributed by atoms with E-state index < -0.39 is 0 Å². The number of nitrogens with zero attached hydrogens (tertiary/aromatic N) is 12. The fraction of sp³-hybridized carbons (Fsp3) is 0.617. The van der Waals surface area contributed by atoms with Crippen LogP contribution >= 0.6 is 0 Å². The first-order valence-corrected chi connectivity index (χ1v) is 27.2. The molecule has 0 atom stereocenters. The molecule has 394 valence electrons. The van der Waals surface area contributed by atoms with Crippen molar-refractivity contribution in [2.45, 2.75) is 144 Å². The molecule has 8 heterocycles. The second-order valence-electron chi connectivity index (χ2n) is 24.5. The number of benzene rings is 1. The summed E-state index contributed by atoms with van der Waals surface area (Å²) in [7, 11) is 0. The van der Waals surface area contributed by atoms with Gasteiger partial charge in [-0.25, -0.2) is 9.97 Å². The van der Waals surface area contributed by atoms with Gasteiger partial charge >= 0.3 is 0 Å². The second-order valence-corrected chi connectivity index (χ2v) is 24.5. The zero-order chi connectivity index (χ0) is 51.8. The first kappa shape index (κ1) is 57.0. The molecule has 9 rings (SSSR count). The average Bonchev–Trinajstić information content (AvgIpc) is 3.35. The van der Waals surface area contributed by atoms with Crippen molar-refractivity contribution in [3.05, 3.63) is 127 Å². The van der Waals surface area contributed by atoms with Crippen molar-refractivity contribution in [1.82, 2.24) is 59.2 Å². The SMILES string of the molecule is CC(C)(C)N1CCC(Cc2ccncc2)CC1.CC(C)(C)N1CCN(Cc2ccnc3ccccc23)CC1.CC(C)(C)N1CCN(Cc2ccncc2)CC1.CC(C)(C)N1CCN(Cc2ccncn2)CC1. The zero-order valence-corrected chi connectivity index (χ0v) is 46.9. The molecule has 4 saturated heterocycles. The summed E-state index contributed by atoms with van der Waals surface area (Å²) < 4.78 is 0. The number of hydrogen-bond donors (Lipinski definition) is 0. The first-order chi connectivity index (χ1) is 34.2. The normalized spacial score (nSPS) is 19.1. The van der Waals surface area contributed by atoms with Crippen molar-refractivity contribution >= 4 is 10.9 Å². The van der Waals surface area contributed by atoms with Crippen molar-refractivity contribution in [3.63, 3.8) is 0 Å². The molecular weight excluding hydrogens is 889 g/mol. The van der Waals surface area contributed by atoms with Crippen molar-refractivity contribution in [3.8, 4) is 0 Å². The van der Waals surface area contributed by atoms with Crippen molar-refractivity contribution in [1.29, 1.82) is 0 Å². The molecule has 0 amide bonds. The number of aromatic nitrogens is 5. The standard InChI is InChI=1S/C18H25N3.C15H24N2.C14H23N3.C13H22N4/c1-18(2,3)21-12-10-20(11-13-21)14-15-8-9-19-17-7-5-4-6-16(15)17;1-15(2,3)17-10-6-14(7-11-17)12-13-4-8-16-9-5-13;1-14(2,3)17-10-8-16(9-11-17)12-13-4-6-15-7-5-13;1-13(2,3)17-8-6-16(7-9-17)10-12-4-5-14-11-15-12/h4-9H,10-14H2,1-3H3;4-5,8-9,14H,6-7,10-12H2,1-3H3;4-7H,8-12H2,1-3H3;4-5,11H,6-10H2,1-3H3. The molecule has 0 unspecified atom stereocenters. The van der Waals surface area contributed by atoms with Crippen molar-refractivity contribution in [2.75, 3.05) is 91.6 Å². The minimum Gasteiger partial charge on any atom is -0.298 e. The maximum Gasteiger partial charge on any atom is 0.115 e. The molecule has 0 N–H and O–H groups in total. The van der Waals surface area contributed by atoms with Gasteiger partial charge < -0.3 is 0 Å². The van der Waals surface area contributed by atoms with Gasteiger partial charge in [-0.15, -0.1) is 0 Å². The Kier molecular flexibility index (Phi) is 21.2. The van der Waals surface area contributed by atoms with Gasteiger partial charge in [0.25, 0.3) is 0 Å². The topological polar surface area (TPSA) is 87.1 Å². The van der Waals surface area contributed by atoms with Crippen LogP contribution in [0.25, 0.3) is 10.9 Å². The van der Waals surface area contributed by atoms with Crippen LogP contribution in [0.15, 0.2) is 104 Å². The summed E-state index contributed by atoms with van der Waals surface area (Å²) in [6, 6.07) is 21.1. The highest BCUT2D eigenvalue weighted by Gasteiger charge is 2.29. The number of likely N-dealkylation sites (tertiary alicyclic amines) is 1. The molecule has 0 bridgehead atoms. The third-order valence-electron chi connectivity index (χ3n) is 15.1. The Morgan fingerprint density at radius 1 is 0.403 bits per heavy atom. The number of fused-ring (bicyclic) bond motifs is 1. The van der Waals surface area contributed by atoms with Crippen molar-refractivity contribution < 1.29 is 0 Å². The second kappa shape index (κ2) is 26.8. The van der Waals surface area contributed by atoms with Gasteiger partial charge in [0.15, 0.2) is 0 Å². The minimum absolute atomic E-state index is 0.287. The van der Waals surface area contributed by atoms with Crippen LogP contribution < -0.4 is 0 Å². The fourth-order valence-corrected chi connectivity index (χ4v) is 10.3. The highest BCUT2D eigenvalue weighted by molar-refractivity contribution is 5.81. The molecule has 12 nitrogen and oxygen atoms in total. The summed E-state index contributed by atoms with van der Waals surface area (Å²) in [4.78, 5) is 38.6. The molecule has 1 aromatic carbocycles. The predicted molar refractivity (Wildman–Crippen MR) is 300 cm³/mol. The number of hydrogen-bond acceptors (Lipinski definition) is 12. The van der Waals surface area contributed by atoms with E-state index in [9.17, 15) is 0 Å². The molecule has 0 saturated carbocycles. The molecule has 0 spiro atoms. The maximum absolute atomic E-state index is 4.45. The van der Waals surface area contributed by atoms with Crippen LogP contribution in [-0.2, 0) is 26.1 Å². The van der Waals surface area contributed by atoms with Gasteiger partial charge in [-0.05, 0) is 181 Å². The molecule has 0 radical (unpaired) electrons. The molecule has 4 aliphatic heterocycles. The van der Waals surface area contributed by atoms with Gasteiger partial charge in [0.05, 0.1) is 11.2 Å². The predicted octanol–water partition coefficient (Wildman–Crippen LogP) is 9.68. The van der Waals surface area contributed by atoms with Gasteiger partial charge in [-0.1, -0.05) is 18.2 Å². The molecular formula is C60H94N12.